The van der Waals surface area contributed by atoms with Crippen LogP contribution >= 0.6 is 0 Å². The van der Waals surface area contributed by atoms with Gasteiger partial charge in [0.1, 0.15) is 0 Å². The molecule has 0 spiro atoms. The minimum absolute atomic E-state index is 0.542. The first-order valence-electron chi connectivity index (χ1n) is 6.72. The first-order chi connectivity index (χ1) is 8.72. The molecule has 96 valence electrons. The van der Waals surface area contributed by atoms with Crippen molar-refractivity contribution in [2.75, 3.05) is 25.0 Å². The molecule has 1 saturated heterocycles. The zero-order chi connectivity index (χ0) is 13.0. The fraction of sp³-hybridized carbons (Fsp3) is 0.533. The van der Waals surface area contributed by atoms with Crippen LogP contribution in [0.15, 0.2) is 18.2 Å². The second-order valence-electron chi connectivity index (χ2n) is 4.99. The summed E-state index contributed by atoms with van der Waals surface area (Å²) in [5, 5.41) is 12.5. The Morgan fingerprint density at radius 1 is 1.39 bits per heavy atom. The van der Waals surface area contributed by atoms with E-state index in [0.29, 0.717) is 6.04 Å². The molecule has 1 aliphatic rings. The highest BCUT2D eigenvalue weighted by atomic mass is 15.1. The molecule has 0 amide bonds. The molecule has 0 bridgehead atoms. The lowest BCUT2D eigenvalue weighted by Crippen LogP contribution is -2.38. The van der Waals surface area contributed by atoms with Gasteiger partial charge in [0.25, 0.3) is 0 Å². The normalized spacial score (nSPS) is 17.4. The van der Waals surface area contributed by atoms with Crippen molar-refractivity contribution in [3.8, 4) is 6.07 Å². The van der Waals surface area contributed by atoms with Crippen LogP contribution in [0.5, 0.6) is 0 Å². The summed E-state index contributed by atoms with van der Waals surface area (Å²) in [6.07, 6.45) is 2.37. The predicted octanol–water partition coefficient (Wildman–Crippen LogP) is 2.76. The maximum atomic E-state index is 8.94. The lowest BCUT2D eigenvalue weighted by Gasteiger charge is -2.32. The Morgan fingerprint density at radius 3 is 2.72 bits per heavy atom. The van der Waals surface area contributed by atoms with Crippen molar-refractivity contribution < 1.29 is 0 Å². The third-order valence-electron chi connectivity index (χ3n) is 3.76. The Balaban J connectivity index is 2.00. The molecule has 3 heteroatoms. The fourth-order valence-corrected chi connectivity index (χ4v) is 2.46. The Hall–Kier alpha value is -1.53. The van der Waals surface area contributed by atoms with Crippen LogP contribution in [-0.2, 0) is 0 Å². The number of piperidine rings is 1. The van der Waals surface area contributed by atoms with Gasteiger partial charge in [-0.2, -0.15) is 5.26 Å². The first kappa shape index (κ1) is 12.9. The molecule has 0 aromatic heterocycles. The van der Waals surface area contributed by atoms with Crippen molar-refractivity contribution in [3.05, 3.63) is 29.3 Å². The van der Waals surface area contributed by atoms with Crippen LogP contribution in [-0.4, -0.2) is 30.6 Å². The molecule has 0 radical (unpaired) electrons. The zero-order valence-electron chi connectivity index (χ0n) is 11.2. The predicted molar refractivity (Wildman–Crippen MR) is 74.7 cm³/mol. The van der Waals surface area contributed by atoms with Crippen LogP contribution in [0.2, 0.25) is 0 Å². The number of rotatable bonds is 3. The van der Waals surface area contributed by atoms with E-state index in [2.05, 4.69) is 30.1 Å². The third kappa shape index (κ3) is 3.02. The number of likely N-dealkylation sites (tertiary alicyclic amines) is 1. The summed E-state index contributed by atoms with van der Waals surface area (Å²) < 4.78 is 0. The summed E-state index contributed by atoms with van der Waals surface area (Å²) in [7, 11) is 0. The van der Waals surface area contributed by atoms with Gasteiger partial charge in [-0.3, -0.25) is 0 Å². The molecular formula is C15H21N3. The summed E-state index contributed by atoms with van der Waals surface area (Å²) in [6.45, 7) is 7.80. The van der Waals surface area contributed by atoms with Gasteiger partial charge in [0.15, 0.2) is 0 Å². The van der Waals surface area contributed by atoms with Gasteiger partial charge >= 0.3 is 0 Å². The number of benzene rings is 1. The van der Waals surface area contributed by atoms with E-state index in [4.69, 9.17) is 5.26 Å². The molecule has 18 heavy (non-hydrogen) atoms. The van der Waals surface area contributed by atoms with Crippen molar-refractivity contribution in [2.45, 2.75) is 32.7 Å². The molecule has 0 saturated carbocycles. The van der Waals surface area contributed by atoms with E-state index in [0.717, 1.165) is 17.8 Å². The Kier molecular flexibility index (Phi) is 4.22. The minimum Gasteiger partial charge on any atom is -0.382 e. The molecule has 0 aliphatic carbocycles. The van der Waals surface area contributed by atoms with Crippen molar-refractivity contribution in [2.24, 2.45) is 0 Å². The van der Waals surface area contributed by atoms with Gasteiger partial charge in [-0.15, -0.1) is 0 Å². The highest BCUT2D eigenvalue weighted by molar-refractivity contribution is 5.55. The number of hydrogen-bond acceptors (Lipinski definition) is 3. The molecular weight excluding hydrogens is 222 g/mol. The van der Waals surface area contributed by atoms with Gasteiger partial charge < -0.3 is 10.2 Å². The first-order valence-corrected chi connectivity index (χ1v) is 6.72. The van der Waals surface area contributed by atoms with E-state index in [1.54, 1.807) is 0 Å². The number of aryl methyl sites for hydroxylation is 1. The summed E-state index contributed by atoms with van der Waals surface area (Å²) in [4.78, 5) is 2.48. The van der Waals surface area contributed by atoms with Crippen LogP contribution < -0.4 is 5.32 Å². The number of hydrogen-bond donors (Lipinski definition) is 1. The molecule has 2 rings (SSSR count). The quantitative estimate of drug-likeness (QED) is 0.887. The maximum absolute atomic E-state index is 8.94. The highest BCUT2D eigenvalue weighted by Gasteiger charge is 2.18. The monoisotopic (exact) mass is 243 g/mol. The average Bonchev–Trinajstić information content (AvgIpc) is 2.42. The SMILES string of the molecule is CCN1CCC(Nc2cc(C#N)ccc2C)CC1. The number of nitrogens with one attached hydrogen (secondary N) is 1. The fourth-order valence-electron chi connectivity index (χ4n) is 2.46. The van der Waals surface area contributed by atoms with Crippen LogP contribution in [0.1, 0.15) is 30.9 Å². The van der Waals surface area contributed by atoms with Crippen molar-refractivity contribution in [1.82, 2.24) is 4.90 Å². The minimum atomic E-state index is 0.542. The van der Waals surface area contributed by atoms with E-state index in [1.807, 2.05) is 18.2 Å². The topological polar surface area (TPSA) is 39.1 Å². The van der Waals surface area contributed by atoms with Gasteiger partial charge in [-0.25, -0.2) is 0 Å². The van der Waals surface area contributed by atoms with Crippen molar-refractivity contribution in [1.29, 1.82) is 5.26 Å². The molecule has 1 heterocycles. The second kappa shape index (κ2) is 5.88. The standard InChI is InChI=1S/C15H21N3/c1-3-18-8-6-14(7-9-18)17-15-10-13(11-16)5-4-12(15)2/h4-5,10,14,17H,3,6-9H2,1-2H3. The van der Waals surface area contributed by atoms with Crippen LogP contribution in [0, 0.1) is 18.3 Å². The lowest BCUT2D eigenvalue weighted by molar-refractivity contribution is 0.229. The molecule has 0 atom stereocenters. The molecule has 3 nitrogen and oxygen atoms in total. The summed E-state index contributed by atoms with van der Waals surface area (Å²) in [6, 6.07) is 8.59. The Bertz CT molecular complexity index is 440. The van der Waals surface area contributed by atoms with Gasteiger partial charge in [0, 0.05) is 24.8 Å². The largest absolute Gasteiger partial charge is 0.382 e. The summed E-state index contributed by atoms with van der Waals surface area (Å²) in [5.74, 6) is 0. The van der Waals surface area contributed by atoms with E-state index < -0.39 is 0 Å². The summed E-state index contributed by atoms with van der Waals surface area (Å²) in [5.41, 5.74) is 3.06. The number of nitrogens with zero attached hydrogens (tertiary/aromatic N) is 2. The van der Waals surface area contributed by atoms with Crippen LogP contribution in [0.4, 0.5) is 5.69 Å². The molecule has 1 aromatic rings. The average molecular weight is 243 g/mol. The zero-order valence-corrected chi connectivity index (χ0v) is 11.2. The van der Waals surface area contributed by atoms with Gasteiger partial charge in [0.2, 0.25) is 0 Å². The van der Waals surface area contributed by atoms with Gasteiger partial charge in [-0.05, 0) is 44.0 Å². The van der Waals surface area contributed by atoms with E-state index >= 15 is 0 Å². The highest BCUT2D eigenvalue weighted by Crippen LogP contribution is 2.21. The van der Waals surface area contributed by atoms with Gasteiger partial charge in [0.05, 0.1) is 11.6 Å². The van der Waals surface area contributed by atoms with Crippen molar-refractivity contribution in [3.63, 3.8) is 0 Å². The smallest absolute Gasteiger partial charge is 0.0992 e. The Labute approximate surface area is 109 Å². The lowest BCUT2D eigenvalue weighted by atomic mass is 10.0. The van der Waals surface area contributed by atoms with Crippen LogP contribution in [0.25, 0.3) is 0 Å². The van der Waals surface area contributed by atoms with Crippen molar-refractivity contribution >= 4 is 5.69 Å². The van der Waals surface area contributed by atoms with E-state index in [-0.39, 0.29) is 0 Å². The third-order valence-corrected chi connectivity index (χ3v) is 3.76. The van der Waals surface area contributed by atoms with Crippen LogP contribution in [0.3, 0.4) is 0 Å². The molecule has 1 aromatic carbocycles. The van der Waals surface area contributed by atoms with E-state index in [1.165, 1.54) is 31.5 Å². The Morgan fingerprint density at radius 2 is 2.11 bits per heavy atom. The number of nitriles is 1. The molecule has 1 fully saturated rings. The summed E-state index contributed by atoms with van der Waals surface area (Å²) >= 11 is 0. The second-order valence-corrected chi connectivity index (χ2v) is 4.99. The maximum Gasteiger partial charge on any atom is 0.0992 e. The molecule has 1 N–H and O–H groups in total. The molecule has 0 unspecified atom stereocenters. The molecule has 1 aliphatic heterocycles. The van der Waals surface area contributed by atoms with E-state index in [9.17, 15) is 0 Å². The number of anilines is 1. The van der Waals surface area contributed by atoms with Gasteiger partial charge in [-0.1, -0.05) is 13.0 Å².